The summed E-state index contributed by atoms with van der Waals surface area (Å²) in [6, 6.07) is 6.92. The first-order valence-electron chi connectivity index (χ1n) is 4.50. The second-order valence-electron chi connectivity index (χ2n) is 3.38. The van der Waals surface area contributed by atoms with Gasteiger partial charge in [-0.05, 0) is 17.7 Å². The molecule has 1 heterocycles. The largest absolute Gasteiger partial charge is 0.274 e. The van der Waals surface area contributed by atoms with Crippen molar-refractivity contribution in [1.29, 1.82) is 5.26 Å². The number of imide groups is 1. The van der Waals surface area contributed by atoms with Gasteiger partial charge in [-0.25, -0.2) is 0 Å². The molecule has 1 aromatic carbocycles. The Morgan fingerprint density at radius 2 is 2.27 bits per heavy atom. The predicted molar refractivity (Wildman–Crippen MR) is 53.0 cm³/mol. The number of anilines is 1. The van der Waals surface area contributed by atoms with Crippen LogP contribution in [0.3, 0.4) is 0 Å². The van der Waals surface area contributed by atoms with Crippen molar-refractivity contribution < 1.29 is 9.59 Å². The van der Waals surface area contributed by atoms with Crippen LogP contribution in [0.5, 0.6) is 0 Å². The summed E-state index contributed by atoms with van der Waals surface area (Å²) in [6.45, 7) is 1.34. The molecule has 74 valence electrons. The number of carbonyl (C=O) groups is 2. The number of rotatable bonds is 0. The van der Waals surface area contributed by atoms with Gasteiger partial charge in [0, 0.05) is 6.92 Å². The lowest BCUT2D eigenvalue weighted by Gasteiger charge is -2.12. The summed E-state index contributed by atoms with van der Waals surface area (Å²) in [4.78, 5) is 23.9. The molecule has 0 atom stereocenters. The zero-order valence-electron chi connectivity index (χ0n) is 8.15. The number of hydrogen-bond donors (Lipinski definition) is 0. The van der Waals surface area contributed by atoms with Crippen LogP contribution in [0.1, 0.15) is 18.1 Å². The Morgan fingerprint density at radius 3 is 2.87 bits per heavy atom. The molecule has 0 radical (unpaired) electrons. The third kappa shape index (κ3) is 1.38. The van der Waals surface area contributed by atoms with E-state index in [0.717, 1.165) is 10.5 Å². The first-order valence-corrected chi connectivity index (χ1v) is 4.50. The van der Waals surface area contributed by atoms with E-state index in [-0.39, 0.29) is 18.2 Å². The molecule has 2 amide bonds. The minimum Gasteiger partial charge on any atom is -0.274 e. The summed E-state index contributed by atoms with van der Waals surface area (Å²) < 4.78 is 0. The van der Waals surface area contributed by atoms with Crippen molar-refractivity contribution in [3.63, 3.8) is 0 Å². The highest BCUT2D eigenvalue weighted by Gasteiger charge is 2.30. The second-order valence-corrected chi connectivity index (χ2v) is 3.38. The van der Waals surface area contributed by atoms with Gasteiger partial charge in [-0.1, -0.05) is 6.07 Å². The average molecular weight is 200 g/mol. The molecule has 1 aliphatic heterocycles. The molecule has 1 aliphatic rings. The van der Waals surface area contributed by atoms with Gasteiger partial charge in [-0.3, -0.25) is 14.5 Å². The molecule has 1 aromatic rings. The highest BCUT2D eigenvalue weighted by molar-refractivity contribution is 6.18. The molecule has 0 fully saturated rings. The average Bonchev–Trinajstić information content (AvgIpc) is 2.52. The molecule has 2 rings (SSSR count). The number of nitrogens with zero attached hydrogens (tertiary/aromatic N) is 2. The van der Waals surface area contributed by atoms with Crippen LogP contribution in [-0.2, 0) is 16.0 Å². The van der Waals surface area contributed by atoms with Gasteiger partial charge in [0.25, 0.3) is 0 Å². The van der Waals surface area contributed by atoms with Crippen LogP contribution < -0.4 is 4.90 Å². The maximum absolute atomic E-state index is 11.5. The normalized spacial score (nSPS) is 13.6. The van der Waals surface area contributed by atoms with Crippen molar-refractivity contribution in [2.24, 2.45) is 0 Å². The number of hydrogen-bond acceptors (Lipinski definition) is 3. The number of amides is 2. The summed E-state index contributed by atoms with van der Waals surface area (Å²) in [5.41, 5.74) is 1.80. The molecule has 4 nitrogen and oxygen atoms in total. The molecule has 0 unspecified atom stereocenters. The Kier molecular flexibility index (Phi) is 2.01. The Morgan fingerprint density at radius 1 is 1.53 bits per heavy atom. The highest BCUT2D eigenvalue weighted by Crippen LogP contribution is 2.29. The van der Waals surface area contributed by atoms with E-state index in [9.17, 15) is 9.59 Å². The predicted octanol–water partition coefficient (Wildman–Crippen LogP) is 0.994. The van der Waals surface area contributed by atoms with E-state index in [2.05, 4.69) is 0 Å². The number of benzene rings is 1. The van der Waals surface area contributed by atoms with Gasteiger partial charge in [0.2, 0.25) is 11.8 Å². The van der Waals surface area contributed by atoms with Gasteiger partial charge in [-0.15, -0.1) is 0 Å². The molecular weight excluding hydrogens is 192 g/mol. The number of fused-ring (bicyclic) bond motifs is 1. The lowest BCUT2D eigenvalue weighted by Crippen LogP contribution is -2.31. The SMILES string of the molecule is CC(=O)N1C(=O)Cc2ccc(C#N)cc21. The highest BCUT2D eigenvalue weighted by atomic mass is 16.2. The van der Waals surface area contributed by atoms with Crippen LogP contribution in [0.4, 0.5) is 5.69 Å². The van der Waals surface area contributed by atoms with Crippen LogP contribution in [0.15, 0.2) is 18.2 Å². The maximum Gasteiger partial charge on any atom is 0.238 e. The lowest BCUT2D eigenvalue weighted by atomic mass is 10.1. The van der Waals surface area contributed by atoms with Gasteiger partial charge in [0.15, 0.2) is 0 Å². The van der Waals surface area contributed by atoms with Crippen molar-refractivity contribution >= 4 is 17.5 Å². The first kappa shape index (κ1) is 9.41. The van der Waals surface area contributed by atoms with E-state index in [0.29, 0.717) is 11.3 Å². The molecule has 0 N–H and O–H groups in total. The van der Waals surface area contributed by atoms with Crippen molar-refractivity contribution in [3.8, 4) is 6.07 Å². The smallest absolute Gasteiger partial charge is 0.238 e. The van der Waals surface area contributed by atoms with E-state index >= 15 is 0 Å². The van der Waals surface area contributed by atoms with Gasteiger partial charge < -0.3 is 0 Å². The molecule has 0 bridgehead atoms. The summed E-state index contributed by atoms with van der Waals surface area (Å²) in [5.74, 6) is -0.540. The van der Waals surface area contributed by atoms with E-state index in [1.54, 1.807) is 18.2 Å². The fourth-order valence-electron chi connectivity index (χ4n) is 1.71. The van der Waals surface area contributed by atoms with Crippen LogP contribution in [-0.4, -0.2) is 11.8 Å². The Bertz CT molecular complexity index is 500. The fraction of sp³-hybridized carbons (Fsp3) is 0.182. The van der Waals surface area contributed by atoms with Crippen LogP contribution in [0.2, 0.25) is 0 Å². The van der Waals surface area contributed by atoms with E-state index in [1.807, 2.05) is 6.07 Å². The monoisotopic (exact) mass is 200 g/mol. The third-order valence-electron chi connectivity index (χ3n) is 2.36. The van der Waals surface area contributed by atoms with Gasteiger partial charge in [0.05, 0.1) is 23.7 Å². The molecule has 4 heteroatoms. The molecule has 0 aliphatic carbocycles. The molecule has 15 heavy (non-hydrogen) atoms. The zero-order chi connectivity index (χ0) is 11.0. The summed E-state index contributed by atoms with van der Waals surface area (Å²) in [6.07, 6.45) is 0.237. The van der Waals surface area contributed by atoms with Gasteiger partial charge in [0.1, 0.15) is 0 Å². The standard InChI is InChI=1S/C11H8N2O2/c1-7(14)13-10-4-8(6-12)2-3-9(10)5-11(13)15/h2-4H,5H2,1H3. The van der Waals surface area contributed by atoms with E-state index in [4.69, 9.17) is 5.26 Å². The summed E-state index contributed by atoms with van der Waals surface area (Å²) >= 11 is 0. The minimum absolute atomic E-state index is 0.229. The van der Waals surface area contributed by atoms with Crippen LogP contribution in [0.25, 0.3) is 0 Å². The fourth-order valence-corrected chi connectivity index (χ4v) is 1.71. The quantitative estimate of drug-likeness (QED) is 0.627. The van der Waals surface area contributed by atoms with Crippen molar-refractivity contribution in [2.75, 3.05) is 4.90 Å². The first-order chi connectivity index (χ1) is 7.13. The summed E-state index contributed by atoms with van der Waals surface area (Å²) in [7, 11) is 0. The Labute approximate surface area is 86.7 Å². The zero-order valence-corrected chi connectivity index (χ0v) is 8.15. The summed E-state index contributed by atoms with van der Waals surface area (Å²) in [5, 5.41) is 8.72. The van der Waals surface area contributed by atoms with Crippen molar-refractivity contribution in [2.45, 2.75) is 13.3 Å². The molecular formula is C11H8N2O2. The van der Waals surface area contributed by atoms with E-state index in [1.165, 1.54) is 6.92 Å². The molecule has 0 saturated carbocycles. The molecule has 0 aromatic heterocycles. The van der Waals surface area contributed by atoms with Gasteiger partial charge in [-0.2, -0.15) is 5.26 Å². The maximum atomic E-state index is 11.5. The van der Waals surface area contributed by atoms with Crippen LogP contribution >= 0.6 is 0 Å². The minimum atomic E-state index is -0.311. The van der Waals surface area contributed by atoms with Crippen molar-refractivity contribution in [1.82, 2.24) is 0 Å². The third-order valence-corrected chi connectivity index (χ3v) is 2.36. The van der Waals surface area contributed by atoms with Gasteiger partial charge >= 0.3 is 0 Å². The lowest BCUT2D eigenvalue weighted by molar-refractivity contribution is -0.124. The van der Waals surface area contributed by atoms with Crippen molar-refractivity contribution in [3.05, 3.63) is 29.3 Å². The second kappa shape index (κ2) is 3.21. The molecule has 0 spiro atoms. The topological polar surface area (TPSA) is 61.2 Å². The van der Waals surface area contributed by atoms with E-state index < -0.39 is 0 Å². The Balaban J connectivity index is 2.56. The molecule has 0 saturated heterocycles. The van der Waals surface area contributed by atoms with Crippen LogP contribution in [0, 0.1) is 11.3 Å². The Hall–Kier alpha value is -2.15. The number of nitriles is 1. The number of carbonyl (C=O) groups excluding carboxylic acids is 2.